The molecule has 2 rings (SSSR count). The molecule has 0 bridgehead atoms. The summed E-state index contributed by atoms with van der Waals surface area (Å²) in [5.41, 5.74) is 0.157. The molecule has 0 aliphatic carbocycles. The molecule has 0 aliphatic heterocycles. The third-order valence-corrected chi connectivity index (χ3v) is 2.38. The van der Waals surface area contributed by atoms with Crippen molar-refractivity contribution < 1.29 is 8.78 Å². The van der Waals surface area contributed by atoms with Crippen LogP contribution in [0.25, 0.3) is 10.7 Å². The number of thiazole rings is 1. The first kappa shape index (κ1) is 9.21. The van der Waals surface area contributed by atoms with Crippen molar-refractivity contribution in [1.29, 1.82) is 0 Å². The van der Waals surface area contributed by atoms with Crippen LogP contribution < -0.4 is 0 Å². The number of aromatic nitrogens is 2. The summed E-state index contributed by atoms with van der Waals surface area (Å²) >= 11 is 1.18. The Morgan fingerprint density at radius 2 is 2.21 bits per heavy atom. The van der Waals surface area contributed by atoms with Gasteiger partial charge in [-0.05, 0) is 12.1 Å². The molecule has 0 atom stereocenters. The third-order valence-electron chi connectivity index (χ3n) is 1.67. The number of halogens is 2. The standard InChI is InChI=1S/C9H5F2N2S/c10-8(11)6-2-1-3-12-7(6)9-13-4-5-14-9/h1-4,8H. The fraction of sp³-hybridized carbons (Fsp3) is 0.111. The lowest BCUT2D eigenvalue weighted by molar-refractivity contribution is 0.151. The van der Waals surface area contributed by atoms with E-state index in [0.717, 1.165) is 0 Å². The van der Waals surface area contributed by atoms with Gasteiger partial charge in [0.2, 0.25) is 0 Å². The summed E-state index contributed by atoms with van der Waals surface area (Å²) in [6.07, 6.45) is 0.398. The molecule has 2 aromatic rings. The Morgan fingerprint density at radius 3 is 2.86 bits per heavy atom. The smallest absolute Gasteiger partial charge is 0.253 e. The van der Waals surface area contributed by atoms with Gasteiger partial charge < -0.3 is 0 Å². The Balaban J connectivity index is 2.53. The zero-order chi connectivity index (χ0) is 9.97. The largest absolute Gasteiger partial charge is 0.266 e. The van der Waals surface area contributed by atoms with Gasteiger partial charge in [-0.2, -0.15) is 0 Å². The van der Waals surface area contributed by atoms with Crippen LogP contribution >= 0.6 is 11.3 Å². The molecule has 5 heteroatoms. The van der Waals surface area contributed by atoms with Crippen LogP contribution in [0, 0.1) is 5.38 Å². The van der Waals surface area contributed by atoms with E-state index in [4.69, 9.17) is 0 Å². The summed E-state index contributed by atoms with van der Waals surface area (Å²) in [5, 5.41) is 3.21. The first-order valence-corrected chi connectivity index (χ1v) is 4.66. The highest BCUT2D eigenvalue weighted by molar-refractivity contribution is 7.12. The number of alkyl halides is 2. The number of hydrogen-bond donors (Lipinski definition) is 0. The molecule has 0 saturated heterocycles. The van der Waals surface area contributed by atoms with E-state index in [1.165, 1.54) is 35.9 Å². The second kappa shape index (κ2) is 3.79. The zero-order valence-electron chi connectivity index (χ0n) is 6.95. The highest BCUT2D eigenvalue weighted by Gasteiger charge is 2.16. The van der Waals surface area contributed by atoms with Crippen molar-refractivity contribution in [3.8, 4) is 10.7 Å². The summed E-state index contributed by atoms with van der Waals surface area (Å²) in [6.45, 7) is 0. The van der Waals surface area contributed by atoms with E-state index in [2.05, 4.69) is 15.3 Å². The molecule has 0 aliphatic rings. The highest BCUT2D eigenvalue weighted by Crippen LogP contribution is 2.29. The van der Waals surface area contributed by atoms with Crippen LogP contribution in [0.5, 0.6) is 0 Å². The first-order valence-electron chi connectivity index (χ1n) is 3.84. The molecule has 0 spiro atoms. The maximum absolute atomic E-state index is 12.5. The van der Waals surface area contributed by atoms with Crippen molar-refractivity contribution >= 4 is 11.3 Å². The van der Waals surface area contributed by atoms with Gasteiger partial charge in [0.1, 0.15) is 10.7 Å². The minimum absolute atomic E-state index is 0.0872. The lowest BCUT2D eigenvalue weighted by Gasteiger charge is -2.03. The van der Waals surface area contributed by atoms with Gasteiger partial charge in [0.25, 0.3) is 6.43 Å². The molecule has 0 unspecified atom stereocenters. The van der Waals surface area contributed by atoms with Crippen molar-refractivity contribution in [2.75, 3.05) is 0 Å². The zero-order valence-corrected chi connectivity index (χ0v) is 7.76. The van der Waals surface area contributed by atoms with Crippen LogP contribution in [0.3, 0.4) is 0 Å². The first-order chi connectivity index (χ1) is 6.79. The van der Waals surface area contributed by atoms with Gasteiger partial charge in [0, 0.05) is 18.0 Å². The van der Waals surface area contributed by atoms with E-state index in [1.807, 2.05) is 0 Å². The maximum atomic E-state index is 12.5. The topological polar surface area (TPSA) is 25.8 Å². The second-order valence-electron chi connectivity index (χ2n) is 2.53. The van der Waals surface area contributed by atoms with Gasteiger partial charge in [-0.1, -0.05) is 0 Å². The number of hydrogen-bond acceptors (Lipinski definition) is 3. The van der Waals surface area contributed by atoms with Crippen molar-refractivity contribution in [1.82, 2.24) is 9.97 Å². The molecule has 0 aromatic carbocycles. The molecule has 0 saturated carbocycles. The molecule has 2 aromatic heterocycles. The van der Waals surface area contributed by atoms with Gasteiger partial charge in [0.15, 0.2) is 0 Å². The Labute approximate surface area is 83.3 Å². The molecule has 2 nitrogen and oxygen atoms in total. The molecule has 2 heterocycles. The SMILES string of the molecule is FC(F)c1cccnc1-c1nc[c]s1. The van der Waals surface area contributed by atoms with E-state index in [1.54, 1.807) is 0 Å². The fourth-order valence-corrected chi connectivity index (χ4v) is 1.67. The van der Waals surface area contributed by atoms with Crippen LogP contribution in [0.2, 0.25) is 0 Å². The lowest BCUT2D eigenvalue weighted by Crippen LogP contribution is -1.92. The van der Waals surface area contributed by atoms with Gasteiger partial charge >= 0.3 is 0 Å². The summed E-state index contributed by atoms with van der Waals surface area (Å²) in [7, 11) is 0. The Hall–Kier alpha value is -1.36. The second-order valence-corrected chi connectivity index (χ2v) is 3.35. The molecule has 0 N–H and O–H groups in total. The molecule has 14 heavy (non-hydrogen) atoms. The van der Waals surface area contributed by atoms with Gasteiger partial charge in [-0.25, -0.2) is 13.8 Å². The Bertz CT molecular complexity index is 415. The minimum atomic E-state index is -2.53. The third kappa shape index (κ3) is 1.63. The summed E-state index contributed by atoms with van der Waals surface area (Å²) in [6, 6.07) is 2.84. The molecular weight excluding hydrogens is 206 g/mol. The van der Waals surface area contributed by atoms with Crippen LogP contribution in [-0.2, 0) is 0 Å². The predicted octanol–water partition coefficient (Wildman–Crippen LogP) is 2.94. The van der Waals surface area contributed by atoms with E-state index in [-0.39, 0.29) is 11.3 Å². The molecule has 1 radical (unpaired) electrons. The molecule has 71 valence electrons. The summed E-state index contributed by atoms with van der Waals surface area (Å²) < 4.78 is 25.1. The van der Waals surface area contributed by atoms with Crippen LogP contribution in [-0.4, -0.2) is 9.97 Å². The van der Waals surface area contributed by atoms with Crippen LogP contribution in [0.4, 0.5) is 8.78 Å². The average molecular weight is 211 g/mol. The number of rotatable bonds is 2. The van der Waals surface area contributed by atoms with Crippen molar-refractivity contribution in [3.63, 3.8) is 0 Å². The van der Waals surface area contributed by atoms with Crippen molar-refractivity contribution in [3.05, 3.63) is 35.5 Å². The lowest BCUT2D eigenvalue weighted by atomic mass is 10.2. The highest BCUT2D eigenvalue weighted by atomic mass is 32.1. The summed E-state index contributed by atoms with van der Waals surface area (Å²) in [4.78, 5) is 7.79. The van der Waals surface area contributed by atoms with Gasteiger partial charge in [-0.15, -0.1) is 11.3 Å². The quantitative estimate of drug-likeness (QED) is 0.763. The predicted molar refractivity (Wildman–Crippen MR) is 49.1 cm³/mol. The van der Waals surface area contributed by atoms with E-state index in [0.29, 0.717) is 5.01 Å². The maximum Gasteiger partial charge on any atom is 0.266 e. The van der Waals surface area contributed by atoms with Gasteiger partial charge in [0.05, 0.1) is 5.38 Å². The van der Waals surface area contributed by atoms with Crippen molar-refractivity contribution in [2.45, 2.75) is 6.43 Å². The van der Waals surface area contributed by atoms with Crippen LogP contribution in [0.1, 0.15) is 12.0 Å². The van der Waals surface area contributed by atoms with Gasteiger partial charge in [-0.3, -0.25) is 4.98 Å². The summed E-state index contributed by atoms with van der Waals surface area (Å²) in [5.74, 6) is 0. The van der Waals surface area contributed by atoms with Crippen LogP contribution in [0.15, 0.2) is 24.5 Å². The van der Waals surface area contributed by atoms with E-state index < -0.39 is 6.43 Å². The van der Waals surface area contributed by atoms with Crippen molar-refractivity contribution in [2.24, 2.45) is 0 Å². The van der Waals surface area contributed by atoms with E-state index >= 15 is 0 Å². The monoisotopic (exact) mass is 211 g/mol. The molecule has 0 amide bonds. The molecule has 0 fully saturated rings. The number of pyridine rings is 1. The minimum Gasteiger partial charge on any atom is -0.253 e. The van der Waals surface area contributed by atoms with E-state index in [9.17, 15) is 8.78 Å². The average Bonchev–Trinajstić information content (AvgIpc) is 2.70. The normalized spacial score (nSPS) is 10.8. The Kier molecular flexibility index (Phi) is 2.49. The molecular formula is C9H5F2N2S. The fourth-order valence-electron chi connectivity index (χ4n) is 1.08. The Morgan fingerprint density at radius 1 is 1.36 bits per heavy atom. The number of nitrogens with zero attached hydrogens (tertiary/aromatic N) is 2.